The Morgan fingerprint density at radius 1 is 0.508 bits per heavy atom. The molecule has 65 heavy (non-hydrogen) atoms. The summed E-state index contributed by atoms with van der Waals surface area (Å²) in [6.07, 6.45) is 50.4. The zero-order chi connectivity index (χ0) is 47.3. The van der Waals surface area contributed by atoms with Gasteiger partial charge in [-0.2, -0.15) is 0 Å². The second-order valence-electron chi connectivity index (χ2n) is 20.1. The van der Waals surface area contributed by atoms with Gasteiger partial charge in [-0.3, -0.25) is 4.79 Å². The number of unbranched alkanes of at least 4 members (excludes halogenated alkanes) is 39. The van der Waals surface area contributed by atoms with Crippen molar-refractivity contribution in [3.8, 4) is 0 Å². The molecular weight excluding hydrogens is 815 g/mol. The number of aliphatic hydroxyl groups is 5. The Kier molecular flexibility index (Phi) is 44.5. The summed E-state index contributed by atoms with van der Waals surface area (Å²) in [5.41, 5.74) is 0. The first-order chi connectivity index (χ1) is 31.8. The highest BCUT2D eigenvalue weighted by molar-refractivity contribution is 5.76. The number of hydrogen-bond donors (Lipinski definition) is 6. The molecule has 1 aliphatic heterocycles. The lowest BCUT2D eigenvalue weighted by molar-refractivity contribution is -0.302. The number of amides is 1. The molecule has 1 rings (SSSR count). The molecule has 9 heteroatoms. The lowest BCUT2D eigenvalue weighted by Crippen LogP contribution is -2.60. The summed E-state index contributed by atoms with van der Waals surface area (Å²) in [6.45, 7) is 3.77. The van der Waals surface area contributed by atoms with Crippen molar-refractivity contribution in [1.29, 1.82) is 0 Å². The van der Waals surface area contributed by atoms with Gasteiger partial charge < -0.3 is 40.3 Å². The Morgan fingerprint density at radius 3 is 1.20 bits per heavy atom. The van der Waals surface area contributed by atoms with Gasteiger partial charge in [-0.25, -0.2) is 0 Å². The molecule has 1 fully saturated rings. The van der Waals surface area contributed by atoms with E-state index in [1.807, 2.05) is 6.08 Å². The van der Waals surface area contributed by atoms with Crippen LogP contribution in [0.4, 0.5) is 0 Å². The van der Waals surface area contributed by atoms with Crippen LogP contribution in [0.5, 0.6) is 0 Å². The second-order valence-corrected chi connectivity index (χ2v) is 20.1. The minimum Gasteiger partial charge on any atom is -0.394 e. The van der Waals surface area contributed by atoms with E-state index in [9.17, 15) is 30.3 Å². The zero-order valence-corrected chi connectivity index (χ0v) is 42.8. The van der Waals surface area contributed by atoms with Gasteiger partial charge in [-0.1, -0.05) is 270 Å². The summed E-state index contributed by atoms with van der Waals surface area (Å²) >= 11 is 0. The van der Waals surface area contributed by atoms with E-state index in [0.717, 1.165) is 38.5 Å². The second kappa shape index (κ2) is 46.6. The zero-order valence-electron chi connectivity index (χ0n) is 42.8. The highest BCUT2D eigenvalue weighted by Gasteiger charge is 2.44. The molecule has 2 unspecified atom stereocenters. The summed E-state index contributed by atoms with van der Waals surface area (Å²) in [6, 6.07) is -0.798. The summed E-state index contributed by atoms with van der Waals surface area (Å²) < 4.78 is 11.2. The molecule has 386 valence electrons. The maximum absolute atomic E-state index is 13.0. The molecule has 0 aromatic rings. The van der Waals surface area contributed by atoms with E-state index in [1.54, 1.807) is 6.08 Å². The average Bonchev–Trinajstić information content (AvgIpc) is 3.31. The van der Waals surface area contributed by atoms with Gasteiger partial charge in [0.25, 0.3) is 0 Å². The van der Waals surface area contributed by atoms with Gasteiger partial charge in [0, 0.05) is 6.42 Å². The number of carbonyl (C=O) groups is 1. The van der Waals surface area contributed by atoms with Crippen LogP contribution in [-0.4, -0.2) is 87.5 Å². The topological polar surface area (TPSA) is 149 Å². The molecule has 0 bridgehead atoms. The summed E-state index contributed by atoms with van der Waals surface area (Å²) in [5.74, 6) is -0.173. The number of hydrogen-bond acceptors (Lipinski definition) is 8. The highest BCUT2D eigenvalue weighted by atomic mass is 16.7. The van der Waals surface area contributed by atoms with Crippen LogP contribution in [0.1, 0.15) is 284 Å². The third-order valence-corrected chi connectivity index (χ3v) is 13.9. The average molecular weight is 924 g/mol. The molecule has 1 heterocycles. The van der Waals surface area contributed by atoms with E-state index < -0.39 is 49.5 Å². The molecule has 0 radical (unpaired) electrons. The molecule has 1 saturated heterocycles. The minimum absolute atomic E-state index is 0.173. The van der Waals surface area contributed by atoms with Gasteiger partial charge >= 0.3 is 0 Å². The van der Waals surface area contributed by atoms with Crippen LogP contribution in [0.15, 0.2) is 12.2 Å². The Bertz CT molecular complexity index is 1030. The highest BCUT2D eigenvalue weighted by Crippen LogP contribution is 2.23. The van der Waals surface area contributed by atoms with E-state index >= 15 is 0 Å². The molecule has 1 amide bonds. The number of ether oxygens (including phenoxy) is 2. The van der Waals surface area contributed by atoms with Gasteiger partial charge in [0.1, 0.15) is 24.4 Å². The van der Waals surface area contributed by atoms with Crippen LogP contribution in [0.3, 0.4) is 0 Å². The fraction of sp³-hybridized carbons (Fsp3) is 0.946. The smallest absolute Gasteiger partial charge is 0.220 e. The first-order valence-electron chi connectivity index (χ1n) is 28.4. The summed E-state index contributed by atoms with van der Waals surface area (Å²) in [7, 11) is 0. The van der Waals surface area contributed by atoms with Crippen molar-refractivity contribution in [2.24, 2.45) is 0 Å². The maximum Gasteiger partial charge on any atom is 0.220 e. The predicted molar refractivity (Wildman–Crippen MR) is 272 cm³/mol. The Morgan fingerprint density at radius 2 is 0.846 bits per heavy atom. The van der Waals surface area contributed by atoms with Crippen molar-refractivity contribution in [2.75, 3.05) is 13.2 Å². The van der Waals surface area contributed by atoms with Crippen LogP contribution >= 0.6 is 0 Å². The van der Waals surface area contributed by atoms with Crippen molar-refractivity contribution >= 4 is 5.91 Å². The van der Waals surface area contributed by atoms with Gasteiger partial charge in [0.2, 0.25) is 5.91 Å². The van der Waals surface area contributed by atoms with Crippen molar-refractivity contribution in [3.63, 3.8) is 0 Å². The molecule has 0 aromatic heterocycles. The van der Waals surface area contributed by atoms with Gasteiger partial charge in [-0.05, 0) is 19.3 Å². The van der Waals surface area contributed by atoms with E-state index in [-0.39, 0.29) is 12.5 Å². The molecule has 0 aliphatic carbocycles. The lowest BCUT2D eigenvalue weighted by atomic mass is 9.99. The van der Waals surface area contributed by atoms with E-state index in [1.165, 1.54) is 225 Å². The molecule has 0 saturated carbocycles. The van der Waals surface area contributed by atoms with Gasteiger partial charge in [0.15, 0.2) is 6.29 Å². The Labute approximate surface area is 401 Å². The van der Waals surface area contributed by atoms with E-state index in [2.05, 4.69) is 19.2 Å². The van der Waals surface area contributed by atoms with E-state index in [0.29, 0.717) is 6.42 Å². The third kappa shape index (κ3) is 36.6. The third-order valence-electron chi connectivity index (χ3n) is 13.9. The largest absolute Gasteiger partial charge is 0.394 e. The quantitative estimate of drug-likeness (QED) is 0.0261. The normalized spacial score (nSPS) is 19.9. The fourth-order valence-corrected chi connectivity index (χ4v) is 9.34. The molecule has 7 atom stereocenters. The summed E-state index contributed by atoms with van der Waals surface area (Å²) in [4.78, 5) is 13.0. The Balaban J connectivity index is 2.04. The number of carbonyl (C=O) groups excluding carboxylic acids is 1. The molecule has 9 nitrogen and oxygen atoms in total. The van der Waals surface area contributed by atoms with Crippen LogP contribution in [0, 0.1) is 0 Å². The predicted octanol–water partition coefficient (Wildman–Crippen LogP) is 13.6. The number of allylic oxidation sites excluding steroid dienone is 1. The number of rotatable bonds is 49. The van der Waals surface area contributed by atoms with Crippen LogP contribution in [-0.2, 0) is 14.3 Å². The van der Waals surface area contributed by atoms with Crippen molar-refractivity contribution in [2.45, 2.75) is 326 Å². The van der Waals surface area contributed by atoms with Crippen LogP contribution in [0.25, 0.3) is 0 Å². The molecule has 0 spiro atoms. The first-order valence-corrected chi connectivity index (χ1v) is 28.4. The minimum atomic E-state index is -1.56. The van der Waals surface area contributed by atoms with Crippen LogP contribution < -0.4 is 5.32 Å². The molecular formula is C56H109NO8. The van der Waals surface area contributed by atoms with Gasteiger partial charge in [0.05, 0.1) is 25.4 Å². The SMILES string of the molecule is CCCCCCCCC/C=C/[C@@H](O)[C@H](CO[C@@H]1O[C@H](CO)[C@H](O)C(O)C1O)NC(=O)CCCCCCCCCCCCCCCCCCCCCCCCCCCCCCCCCCC. The molecule has 1 aliphatic rings. The Hall–Kier alpha value is -1.07. The number of aliphatic hydroxyl groups excluding tert-OH is 5. The van der Waals surface area contributed by atoms with Crippen molar-refractivity contribution < 1.29 is 39.8 Å². The monoisotopic (exact) mass is 924 g/mol. The van der Waals surface area contributed by atoms with Crippen molar-refractivity contribution in [3.05, 3.63) is 12.2 Å². The standard InChI is InChI=1S/C56H109NO8/c1-3-5-7-9-11-13-14-15-16-17-18-19-20-21-22-23-24-25-26-27-28-29-30-31-32-33-34-35-36-38-40-42-44-46-52(60)57-49(50(59)45-43-41-39-37-12-10-8-6-4-2)48-64-56-55(63)54(62)53(61)51(47-58)65-56/h43,45,49-51,53-56,58-59,61-63H,3-42,44,46-48H2,1-2H3,(H,57,60)/b45-43+/t49-,50+,51+,53-,54?,55?,56+/m0/s1. The van der Waals surface area contributed by atoms with Crippen molar-refractivity contribution in [1.82, 2.24) is 5.32 Å². The maximum atomic E-state index is 13.0. The summed E-state index contributed by atoms with van der Waals surface area (Å²) in [5, 5.41) is 54.2. The molecule has 6 N–H and O–H groups in total. The lowest BCUT2D eigenvalue weighted by Gasteiger charge is -2.40. The van der Waals surface area contributed by atoms with Crippen LogP contribution in [0.2, 0.25) is 0 Å². The number of nitrogens with one attached hydrogen (secondary N) is 1. The fourth-order valence-electron chi connectivity index (χ4n) is 9.34. The first kappa shape index (κ1) is 61.9. The molecule has 0 aromatic carbocycles. The van der Waals surface area contributed by atoms with Gasteiger partial charge in [-0.15, -0.1) is 0 Å². The van der Waals surface area contributed by atoms with E-state index in [4.69, 9.17) is 9.47 Å².